The summed E-state index contributed by atoms with van der Waals surface area (Å²) in [6.07, 6.45) is 13.1. The maximum absolute atomic E-state index is 9.72. The lowest BCUT2D eigenvalue weighted by atomic mass is 10.3. The van der Waals surface area contributed by atoms with Gasteiger partial charge in [-0.15, -0.1) is 0 Å². The van der Waals surface area contributed by atoms with Crippen molar-refractivity contribution in [3.63, 3.8) is 0 Å². The van der Waals surface area contributed by atoms with Crippen LogP contribution in [0.25, 0.3) is 0 Å². The average molecular weight is 467 g/mol. The van der Waals surface area contributed by atoms with E-state index in [-0.39, 0.29) is 0 Å². The van der Waals surface area contributed by atoms with Crippen molar-refractivity contribution in [3.05, 3.63) is 36.4 Å². The molecule has 0 unspecified atom stereocenters. The van der Waals surface area contributed by atoms with Crippen LogP contribution >= 0.6 is 0 Å². The largest absolute Gasteiger partial charge is 0.748 e. The summed E-state index contributed by atoms with van der Waals surface area (Å²) in [5, 5.41) is 0. The average Bonchev–Trinajstić information content (AvgIpc) is 3.11. The molecule has 2 heterocycles. The van der Waals surface area contributed by atoms with Gasteiger partial charge in [-0.05, 0) is 12.8 Å². The highest BCUT2D eigenvalue weighted by molar-refractivity contribution is 7.89. The van der Waals surface area contributed by atoms with E-state index < -0.39 is 31.7 Å². The monoisotopic (exact) mass is 466 g/mol. The molecule has 0 aliphatic rings. The summed E-state index contributed by atoms with van der Waals surface area (Å²) >= 11 is 0. The first-order chi connectivity index (χ1) is 13.7. The topological polar surface area (TPSA) is 132 Å². The molecule has 10 nitrogen and oxygen atoms in total. The van der Waals surface area contributed by atoms with Crippen LogP contribution in [0.5, 0.6) is 0 Å². The van der Waals surface area contributed by atoms with Gasteiger partial charge in [0.05, 0.1) is 59.9 Å². The Labute approximate surface area is 180 Å². The van der Waals surface area contributed by atoms with Gasteiger partial charge in [0.15, 0.2) is 0 Å². The Morgan fingerprint density at radius 1 is 0.767 bits per heavy atom. The summed E-state index contributed by atoms with van der Waals surface area (Å²) in [5.41, 5.74) is 0. The minimum Gasteiger partial charge on any atom is -0.748 e. The van der Waals surface area contributed by atoms with Crippen molar-refractivity contribution >= 4 is 20.2 Å². The normalized spacial score (nSPS) is 11.3. The first-order valence-corrected chi connectivity index (χ1v) is 12.7. The van der Waals surface area contributed by atoms with Gasteiger partial charge in [0.25, 0.3) is 11.6 Å². The van der Waals surface area contributed by atoms with E-state index in [2.05, 4.69) is 85.1 Å². The molecule has 0 aliphatic heterocycles. The zero-order valence-electron chi connectivity index (χ0n) is 18.6. The van der Waals surface area contributed by atoms with Gasteiger partial charge in [0, 0.05) is 12.8 Å². The molecule has 0 bridgehead atoms. The highest BCUT2D eigenvalue weighted by Gasteiger charge is 2.08. The molecule has 0 amide bonds. The van der Waals surface area contributed by atoms with Crippen LogP contribution in [0.3, 0.4) is 0 Å². The van der Waals surface area contributed by atoms with Gasteiger partial charge in [0.1, 0.15) is 24.8 Å². The van der Waals surface area contributed by atoms with Crippen LogP contribution in [0.2, 0.25) is 0 Å². The van der Waals surface area contributed by atoms with E-state index in [0.29, 0.717) is 0 Å². The van der Waals surface area contributed by atoms with Crippen molar-refractivity contribution in [1.82, 2.24) is 9.13 Å². The van der Waals surface area contributed by atoms with Gasteiger partial charge < -0.3 is 9.11 Å². The van der Waals surface area contributed by atoms with Crippen molar-refractivity contribution in [2.24, 2.45) is 28.2 Å². The lowest BCUT2D eigenvalue weighted by Gasteiger charge is -2.08. The molecule has 0 radical (unpaired) electrons. The fourth-order valence-electron chi connectivity index (χ4n) is 2.60. The molecule has 2 rings (SSSR count). The maximum atomic E-state index is 9.72. The van der Waals surface area contributed by atoms with Gasteiger partial charge in [-0.1, -0.05) is 13.8 Å². The second kappa shape index (κ2) is 12.8. The summed E-state index contributed by atoms with van der Waals surface area (Å²) in [7, 11) is -0.820. The minimum absolute atomic E-state index is 1.15. The Morgan fingerprint density at radius 3 is 1.23 bits per heavy atom. The molecule has 0 aliphatic carbocycles. The van der Waals surface area contributed by atoms with Crippen LogP contribution in [0.15, 0.2) is 24.8 Å². The fourth-order valence-corrected chi connectivity index (χ4v) is 4.23. The lowest BCUT2D eigenvalue weighted by molar-refractivity contribution is -0.678. The van der Waals surface area contributed by atoms with E-state index in [4.69, 9.17) is 0 Å². The molecule has 0 atom stereocenters. The molecule has 0 saturated heterocycles. The van der Waals surface area contributed by atoms with Crippen molar-refractivity contribution in [1.29, 1.82) is 0 Å². The van der Waals surface area contributed by atoms with Crippen LogP contribution in [0.4, 0.5) is 0 Å². The van der Waals surface area contributed by atoms with Crippen molar-refractivity contribution in [3.8, 4) is 0 Å². The molecule has 0 fully saturated rings. The SMILES string of the molecule is CCCc1n(C)cc[n+]1C.CCCc1n(C)cc[n+]1C.O=S(=O)([O-])CCS(=O)(=O)[O-]. The summed E-state index contributed by atoms with van der Waals surface area (Å²) in [6.45, 7) is 4.40. The third-order valence-electron chi connectivity index (χ3n) is 4.19. The number of aromatic nitrogens is 4. The second-order valence-corrected chi connectivity index (χ2v) is 9.94. The molecular weight excluding hydrogens is 432 g/mol. The molecule has 2 aromatic heterocycles. The summed E-state index contributed by atoms with van der Waals surface area (Å²) < 4.78 is 67.0. The van der Waals surface area contributed by atoms with E-state index in [0.717, 1.165) is 0 Å². The number of hydrogen-bond acceptors (Lipinski definition) is 6. The fraction of sp³-hybridized carbons (Fsp3) is 0.667. The molecule has 30 heavy (non-hydrogen) atoms. The Morgan fingerprint density at radius 2 is 1.07 bits per heavy atom. The van der Waals surface area contributed by atoms with Gasteiger partial charge in [-0.2, -0.15) is 0 Å². The summed E-state index contributed by atoms with van der Waals surface area (Å²) in [5.74, 6) is 0.475. The second-order valence-electron chi connectivity index (χ2n) is 6.90. The molecule has 2 aromatic rings. The molecule has 174 valence electrons. The summed E-state index contributed by atoms with van der Waals surface area (Å²) in [4.78, 5) is 0. The van der Waals surface area contributed by atoms with Gasteiger partial charge in [-0.3, -0.25) is 0 Å². The Hall–Kier alpha value is -1.76. The van der Waals surface area contributed by atoms with Gasteiger partial charge >= 0.3 is 0 Å². The van der Waals surface area contributed by atoms with Gasteiger partial charge in [0.2, 0.25) is 0 Å². The molecular formula is C18H34N4O6S2. The Balaban J connectivity index is 0.000000420. The van der Waals surface area contributed by atoms with E-state index in [1.807, 2.05) is 0 Å². The van der Waals surface area contributed by atoms with E-state index in [1.165, 1.54) is 37.3 Å². The smallest absolute Gasteiger partial charge is 0.255 e. The van der Waals surface area contributed by atoms with Crippen molar-refractivity contribution in [2.75, 3.05) is 11.5 Å². The lowest BCUT2D eigenvalue weighted by Crippen LogP contribution is -2.31. The van der Waals surface area contributed by atoms with Crippen LogP contribution < -0.4 is 9.13 Å². The van der Waals surface area contributed by atoms with Crippen LogP contribution in [-0.4, -0.2) is 46.6 Å². The molecule has 12 heteroatoms. The van der Waals surface area contributed by atoms with E-state index in [1.54, 1.807) is 0 Å². The molecule has 0 aromatic carbocycles. The van der Waals surface area contributed by atoms with E-state index in [9.17, 15) is 25.9 Å². The zero-order chi connectivity index (χ0) is 23.5. The van der Waals surface area contributed by atoms with Crippen LogP contribution in [0.1, 0.15) is 38.3 Å². The maximum Gasteiger partial charge on any atom is 0.255 e. The van der Waals surface area contributed by atoms with Crippen molar-refractivity contribution < 1.29 is 35.1 Å². The first kappa shape index (κ1) is 28.2. The molecule has 0 saturated carbocycles. The number of rotatable bonds is 7. The predicted octanol–water partition coefficient (Wildman–Crippen LogP) is -0.319. The van der Waals surface area contributed by atoms with E-state index >= 15 is 0 Å². The van der Waals surface area contributed by atoms with Crippen LogP contribution in [0, 0.1) is 0 Å². The Bertz CT molecular complexity index is 859. The third-order valence-corrected chi connectivity index (χ3v) is 5.85. The highest BCUT2D eigenvalue weighted by Crippen LogP contribution is 1.95. The number of hydrogen-bond donors (Lipinski definition) is 0. The van der Waals surface area contributed by atoms with Gasteiger partial charge in [-0.25, -0.2) is 35.1 Å². The predicted molar refractivity (Wildman–Crippen MR) is 110 cm³/mol. The first-order valence-electron chi connectivity index (χ1n) is 9.58. The third kappa shape index (κ3) is 12.1. The van der Waals surface area contributed by atoms with Crippen molar-refractivity contribution in [2.45, 2.75) is 39.5 Å². The highest BCUT2D eigenvalue weighted by atomic mass is 32.2. The quantitative estimate of drug-likeness (QED) is 0.406. The number of nitrogens with zero attached hydrogens (tertiary/aromatic N) is 4. The number of aryl methyl sites for hydroxylation is 4. The minimum atomic E-state index is -4.59. The van der Waals surface area contributed by atoms with Crippen LogP contribution in [-0.2, 0) is 61.3 Å². The standard InChI is InChI=1S/2C8H15N2.C2H6O6S2/c2*1-4-5-8-9(2)6-7-10(8)3;3-9(4,5)1-2-10(6,7)8/h2*6-7H,4-5H2,1-3H3;1-2H2,(H,3,4,5)(H,6,7,8)/q2*+1;/p-2. The Kier molecular flexibility index (Phi) is 12.1. The number of imidazole rings is 2. The molecule has 0 spiro atoms. The summed E-state index contributed by atoms with van der Waals surface area (Å²) in [6, 6.07) is 0. The zero-order valence-corrected chi connectivity index (χ0v) is 20.2. The molecule has 0 N–H and O–H groups in total.